The van der Waals surface area contributed by atoms with Gasteiger partial charge in [-0.3, -0.25) is 4.79 Å². The number of thioether (sulfide) groups is 1. The summed E-state index contributed by atoms with van der Waals surface area (Å²) in [5.41, 5.74) is 0. The second-order valence-corrected chi connectivity index (χ2v) is 4.91. The molecule has 0 aliphatic carbocycles. The molecule has 1 aromatic carbocycles. The molecular formula is C12H15FO2S. The van der Waals surface area contributed by atoms with E-state index in [1.165, 1.54) is 23.9 Å². The molecule has 0 aromatic heterocycles. The van der Waals surface area contributed by atoms with E-state index in [0.29, 0.717) is 13.0 Å². The Morgan fingerprint density at radius 2 is 2.31 bits per heavy atom. The fourth-order valence-electron chi connectivity index (χ4n) is 1.27. The number of hydrogen-bond acceptors (Lipinski definition) is 3. The Morgan fingerprint density at radius 1 is 1.56 bits per heavy atom. The zero-order chi connectivity index (χ0) is 12.0. The number of rotatable bonds is 5. The predicted octanol–water partition coefficient (Wildman–Crippen LogP) is 3.26. The first-order valence-corrected chi connectivity index (χ1v) is 6.07. The lowest BCUT2D eigenvalue weighted by Crippen LogP contribution is -2.10. The summed E-state index contributed by atoms with van der Waals surface area (Å²) in [6.07, 6.45) is 0.342. The van der Waals surface area contributed by atoms with Crippen LogP contribution in [0.1, 0.15) is 20.3 Å². The van der Waals surface area contributed by atoms with Crippen LogP contribution in [0.4, 0.5) is 4.39 Å². The summed E-state index contributed by atoms with van der Waals surface area (Å²) in [5.74, 6) is -0.466. The second-order valence-electron chi connectivity index (χ2n) is 3.39. The Morgan fingerprint density at radius 3 is 2.94 bits per heavy atom. The van der Waals surface area contributed by atoms with Gasteiger partial charge in [0.05, 0.1) is 13.0 Å². The van der Waals surface area contributed by atoms with E-state index in [1.54, 1.807) is 13.0 Å². The van der Waals surface area contributed by atoms with Crippen LogP contribution in [-0.2, 0) is 9.53 Å². The monoisotopic (exact) mass is 242 g/mol. The van der Waals surface area contributed by atoms with E-state index in [2.05, 4.69) is 0 Å². The summed E-state index contributed by atoms with van der Waals surface area (Å²) in [6.45, 7) is 4.10. The Hall–Kier alpha value is -1.03. The van der Waals surface area contributed by atoms with Crippen LogP contribution in [0.2, 0.25) is 0 Å². The lowest BCUT2D eigenvalue weighted by Gasteiger charge is -2.10. The Kier molecular flexibility index (Phi) is 5.32. The summed E-state index contributed by atoms with van der Waals surface area (Å²) < 4.78 is 17.7. The molecule has 0 bridgehead atoms. The van der Waals surface area contributed by atoms with Crippen molar-refractivity contribution in [3.8, 4) is 0 Å². The Balaban J connectivity index is 2.45. The van der Waals surface area contributed by atoms with Gasteiger partial charge in [0, 0.05) is 10.1 Å². The van der Waals surface area contributed by atoms with Crippen molar-refractivity contribution < 1.29 is 13.9 Å². The van der Waals surface area contributed by atoms with Gasteiger partial charge < -0.3 is 4.74 Å². The normalized spacial score (nSPS) is 12.2. The minimum Gasteiger partial charge on any atom is -0.466 e. The number of ether oxygens (including phenoxy) is 1. The van der Waals surface area contributed by atoms with Gasteiger partial charge in [-0.2, -0.15) is 0 Å². The van der Waals surface area contributed by atoms with Crippen molar-refractivity contribution in [3.63, 3.8) is 0 Å². The SMILES string of the molecule is CCOC(=O)CC(C)Sc1cccc(F)c1. The third kappa shape index (κ3) is 4.66. The number of esters is 1. The minimum atomic E-state index is -0.256. The van der Waals surface area contributed by atoms with Crippen molar-refractivity contribution in [1.29, 1.82) is 0 Å². The van der Waals surface area contributed by atoms with Crippen molar-refractivity contribution >= 4 is 17.7 Å². The number of hydrogen-bond donors (Lipinski definition) is 0. The first-order chi connectivity index (χ1) is 7.61. The van der Waals surface area contributed by atoms with E-state index in [4.69, 9.17) is 4.74 Å². The van der Waals surface area contributed by atoms with Gasteiger partial charge in [0.25, 0.3) is 0 Å². The predicted molar refractivity (Wildman–Crippen MR) is 63.0 cm³/mol. The van der Waals surface area contributed by atoms with Crippen molar-refractivity contribution in [1.82, 2.24) is 0 Å². The van der Waals surface area contributed by atoms with Gasteiger partial charge in [0.2, 0.25) is 0 Å². The number of halogens is 1. The molecule has 0 saturated heterocycles. The Bertz CT molecular complexity index is 355. The molecule has 1 aromatic rings. The first-order valence-electron chi connectivity index (χ1n) is 5.19. The van der Waals surface area contributed by atoms with E-state index >= 15 is 0 Å². The Labute approximate surface area is 99.2 Å². The molecule has 88 valence electrons. The minimum absolute atomic E-state index is 0.0841. The van der Waals surface area contributed by atoms with Gasteiger partial charge in [-0.15, -0.1) is 11.8 Å². The molecule has 0 N–H and O–H groups in total. The standard InChI is InChI=1S/C12H15FO2S/c1-3-15-12(14)7-9(2)16-11-6-4-5-10(13)8-11/h4-6,8-9H,3,7H2,1-2H3. The molecule has 0 radical (unpaired) electrons. The smallest absolute Gasteiger partial charge is 0.306 e. The van der Waals surface area contributed by atoms with Crippen LogP contribution in [0, 0.1) is 5.82 Å². The molecule has 1 unspecified atom stereocenters. The second kappa shape index (κ2) is 6.53. The van der Waals surface area contributed by atoms with Crippen LogP contribution in [0.25, 0.3) is 0 Å². The molecule has 4 heteroatoms. The van der Waals surface area contributed by atoms with Crippen molar-refractivity contribution in [2.24, 2.45) is 0 Å². The quantitative estimate of drug-likeness (QED) is 0.585. The summed E-state index contributed by atoms with van der Waals surface area (Å²) >= 11 is 1.47. The summed E-state index contributed by atoms with van der Waals surface area (Å²) in [7, 11) is 0. The van der Waals surface area contributed by atoms with E-state index in [9.17, 15) is 9.18 Å². The average Bonchev–Trinajstić information content (AvgIpc) is 2.17. The van der Waals surface area contributed by atoms with Crippen molar-refractivity contribution in [2.75, 3.05) is 6.61 Å². The fourth-order valence-corrected chi connectivity index (χ4v) is 2.29. The molecule has 0 heterocycles. The van der Waals surface area contributed by atoms with Crippen LogP contribution >= 0.6 is 11.8 Å². The zero-order valence-corrected chi connectivity index (χ0v) is 10.2. The van der Waals surface area contributed by atoms with E-state index in [-0.39, 0.29) is 17.0 Å². The summed E-state index contributed by atoms with van der Waals surface area (Å²) in [6, 6.07) is 6.36. The van der Waals surface area contributed by atoms with Crippen molar-refractivity contribution in [2.45, 2.75) is 30.4 Å². The average molecular weight is 242 g/mol. The maximum absolute atomic E-state index is 12.9. The molecule has 2 nitrogen and oxygen atoms in total. The highest BCUT2D eigenvalue weighted by atomic mass is 32.2. The molecule has 1 atom stereocenters. The lowest BCUT2D eigenvalue weighted by atomic mass is 10.3. The summed E-state index contributed by atoms with van der Waals surface area (Å²) in [5, 5.41) is 0.0841. The van der Waals surface area contributed by atoms with Gasteiger partial charge in [0.1, 0.15) is 5.82 Å². The third-order valence-electron chi connectivity index (χ3n) is 1.89. The molecule has 0 aliphatic heterocycles. The molecule has 0 saturated carbocycles. The van der Waals surface area contributed by atoms with E-state index < -0.39 is 0 Å². The highest BCUT2D eigenvalue weighted by Crippen LogP contribution is 2.25. The lowest BCUT2D eigenvalue weighted by molar-refractivity contribution is -0.142. The highest BCUT2D eigenvalue weighted by molar-refractivity contribution is 8.00. The van der Waals surface area contributed by atoms with Gasteiger partial charge >= 0.3 is 5.97 Å². The fraction of sp³-hybridized carbons (Fsp3) is 0.417. The third-order valence-corrected chi connectivity index (χ3v) is 2.99. The number of benzene rings is 1. The van der Waals surface area contributed by atoms with Gasteiger partial charge in [-0.05, 0) is 25.1 Å². The molecule has 16 heavy (non-hydrogen) atoms. The van der Waals surface area contributed by atoms with Crippen LogP contribution in [0.5, 0.6) is 0 Å². The number of carbonyl (C=O) groups is 1. The largest absolute Gasteiger partial charge is 0.466 e. The zero-order valence-electron chi connectivity index (χ0n) is 9.40. The highest BCUT2D eigenvalue weighted by Gasteiger charge is 2.11. The van der Waals surface area contributed by atoms with E-state index in [0.717, 1.165) is 4.90 Å². The topological polar surface area (TPSA) is 26.3 Å². The molecule has 0 spiro atoms. The molecular weight excluding hydrogens is 227 g/mol. The number of carbonyl (C=O) groups excluding carboxylic acids is 1. The van der Waals surface area contributed by atoms with Crippen LogP contribution in [-0.4, -0.2) is 17.8 Å². The molecule has 0 fully saturated rings. The van der Waals surface area contributed by atoms with Crippen LogP contribution in [0.15, 0.2) is 29.2 Å². The van der Waals surface area contributed by atoms with Crippen molar-refractivity contribution in [3.05, 3.63) is 30.1 Å². The summed E-state index contributed by atoms with van der Waals surface area (Å²) in [4.78, 5) is 12.0. The molecule has 0 amide bonds. The van der Waals surface area contributed by atoms with Gasteiger partial charge in [-0.1, -0.05) is 13.0 Å². The van der Waals surface area contributed by atoms with Crippen LogP contribution < -0.4 is 0 Å². The molecule has 0 aliphatic rings. The van der Waals surface area contributed by atoms with Crippen LogP contribution in [0.3, 0.4) is 0 Å². The molecule has 1 rings (SSSR count). The maximum atomic E-state index is 12.9. The maximum Gasteiger partial charge on any atom is 0.306 e. The first kappa shape index (κ1) is 13.0. The van der Waals surface area contributed by atoms with Gasteiger partial charge in [0.15, 0.2) is 0 Å². The van der Waals surface area contributed by atoms with E-state index in [1.807, 2.05) is 13.0 Å². The van der Waals surface area contributed by atoms with Gasteiger partial charge in [-0.25, -0.2) is 4.39 Å².